The molecule has 1 aromatic rings. The lowest BCUT2D eigenvalue weighted by atomic mass is 10.1. The molecule has 0 radical (unpaired) electrons. The third-order valence-electron chi connectivity index (χ3n) is 2.08. The normalized spacial score (nSPS) is 18.9. The molecule has 1 amide bonds. The van der Waals surface area contributed by atoms with Gasteiger partial charge in [-0.1, -0.05) is 17.7 Å². The smallest absolute Gasteiger partial charge is 0.245 e. The van der Waals surface area contributed by atoms with Crippen molar-refractivity contribution in [1.29, 1.82) is 0 Å². The predicted molar refractivity (Wildman–Crippen MR) is 54.0 cm³/mol. The van der Waals surface area contributed by atoms with Gasteiger partial charge in [0.2, 0.25) is 5.91 Å². The van der Waals surface area contributed by atoms with Crippen LogP contribution in [0.25, 0.3) is 0 Å². The minimum absolute atomic E-state index is 0. The third-order valence-corrected chi connectivity index (χ3v) is 2.08. The number of nitrogens with two attached hydrogens (primary N) is 1. The Kier molecular flexibility index (Phi) is 2.59. The highest BCUT2D eigenvalue weighted by Crippen LogP contribution is 2.29. The lowest BCUT2D eigenvalue weighted by Gasteiger charge is -2.01. The van der Waals surface area contributed by atoms with Crippen molar-refractivity contribution < 1.29 is 4.79 Å². The van der Waals surface area contributed by atoms with E-state index >= 15 is 0 Å². The van der Waals surface area contributed by atoms with Gasteiger partial charge in [0, 0.05) is 11.3 Å². The van der Waals surface area contributed by atoms with Crippen LogP contribution in [0.2, 0.25) is 0 Å². The summed E-state index contributed by atoms with van der Waals surface area (Å²) < 4.78 is 0. The van der Waals surface area contributed by atoms with Crippen LogP contribution in [0, 0.1) is 6.92 Å². The summed E-state index contributed by atoms with van der Waals surface area (Å²) in [5.74, 6) is -0.115. The molecule has 0 aliphatic carbocycles. The molecule has 1 aliphatic rings. The largest absolute Gasteiger partial charge is 0.324 e. The summed E-state index contributed by atoms with van der Waals surface area (Å²) in [6, 6.07) is 5.30. The molecule has 1 aromatic carbocycles. The Morgan fingerprint density at radius 2 is 2.15 bits per heavy atom. The summed E-state index contributed by atoms with van der Waals surface area (Å²) in [5, 5.41) is 2.71. The van der Waals surface area contributed by atoms with Gasteiger partial charge in [-0.2, -0.15) is 0 Å². The molecule has 1 aliphatic heterocycles. The van der Waals surface area contributed by atoms with Crippen molar-refractivity contribution in [3.63, 3.8) is 0 Å². The Morgan fingerprint density at radius 3 is 2.85 bits per heavy atom. The number of amides is 1. The number of aryl methyl sites for hydroxylation is 1. The number of anilines is 1. The fourth-order valence-corrected chi connectivity index (χ4v) is 1.41. The lowest BCUT2D eigenvalue weighted by molar-refractivity contribution is -0.116. The Morgan fingerprint density at radius 1 is 1.46 bits per heavy atom. The van der Waals surface area contributed by atoms with Crippen LogP contribution in [0.5, 0.6) is 0 Å². The van der Waals surface area contributed by atoms with Crippen molar-refractivity contribution in [2.45, 2.75) is 13.0 Å². The van der Waals surface area contributed by atoms with E-state index in [1.807, 2.05) is 25.1 Å². The van der Waals surface area contributed by atoms with Crippen LogP contribution in [0.4, 0.5) is 5.69 Å². The maximum atomic E-state index is 11.1. The Balaban J connectivity index is 0.000000845. The number of carbonyl (C=O) groups is 1. The minimum atomic E-state index is -0.486. The van der Waals surface area contributed by atoms with E-state index in [0.29, 0.717) is 0 Å². The van der Waals surface area contributed by atoms with Gasteiger partial charge in [-0.25, -0.2) is 0 Å². The van der Waals surface area contributed by atoms with Crippen molar-refractivity contribution in [1.82, 2.24) is 0 Å². The number of rotatable bonds is 0. The first kappa shape index (κ1) is 10.0. The van der Waals surface area contributed by atoms with E-state index in [0.717, 1.165) is 16.8 Å². The summed E-state index contributed by atoms with van der Waals surface area (Å²) >= 11 is 0. The number of benzene rings is 1. The molecule has 3 N–H and O–H groups in total. The van der Waals surface area contributed by atoms with Crippen LogP contribution in [-0.4, -0.2) is 5.91 Å². The van der Waals surface area contributed by atoms with Gasteiger partial charge < -0.3 is 11.1 Å². The first-order chi connectivity index (χ1) is 5.68. The standard InChI is InChI=1S/C9H10N2O.ClH/c1-5-2-3-7-6(4-5)8(10)9(12)11-7;/h2-4,8H,10H2,1H3,(H,11,12);1H/t8-;/m0./s1. The SMILES string of the molecule is Cc1ccc2c(c1)[C@H](N)C(=O)N2.Cl. The molecule has 0 saturated heterocycles. The zero-order chi connectivity index (χ0) is 8.72. The highest BCUT2D eigenvalue weighted by molar-refractivity contribution is 6.02. The average Bonchev–Trinajstić information content (AvgIpc) is 2.31. The molecule has 0 unspecified atom stereocenters. The number of hydrogen-bond donors (Lipinski definition) is 2. The molecule has 3 nitrogen and oxygen atoms in total. The van der Waals surface area contributed by atoms with Crippen molar-refractivity contribution in [3.05, 3.63) is 29.3 Å². The summed E-state index contributed by atoms with van der Waals surface area (Å²) in [6.45, 7) is 1.98. The molecular weight excluding hydrogens is 188 g/mol. The van der Waals surface area contributed by atoms with E-state index in [2.05, 4.69) is 5.32 Å². The second-order valence-electron chi connectivity index (χ2n) is 3.06. The first-order valence-electron chi connectivity index (χ1n) is 3.85. The monoisotopic (exact) mass is 198 g/mol. The molecule has 70 valence electrons. The maximum absolute atomic E-state index is 11.1. The quantitative estimate of drug-likeness (QED) is 0.662. The molecule has 13 heavy (non-hydrogen) atoms. The Labute approximate surface area is 82.7 Å². The molecule has 4 heteroatoms. The molecule has 0 fully saturated rings. The Bertz CT molecular complexity index is 351. The van der Waals surface area contributed by atoms with Gasteiger partial charge in [-0.3, -0.25) is 4.79 Å². The summed E-state index contributed by atoms with van der Waals surface area (Å²) in [7, 11) is 0. The van der Waals surface area contributed by atoms with E-state index in [4.69, 9.17) is 5.73 Å². The molecule has 2 rings (SSSR count). The molecular formula is C9H11ClN2O. The topological polar surface area (TPSA) is 55.1 Å². The van der Waals surface area contributed by atoms with Gasteiger partial charge >= 0.3 is 0 Å². The van der Waals surface area contributed by atoms with Gasteiger partial charge in [-0.05, 0) is 13.0 Å². The molecule has 0 saturated carbocycles. The van der Waals surface area contributed by atoms with Gasteiger partial charge in [0.25, 0.3) is 0 Å². The van der Waals surface area contributed by atoms with Gasteiger partial charge in [0.1, 0.15) is 6.04 Å². The van der Waals surface area contributed by atoms with Crippen LogP contribution in [0.15, 0.2) is 18.2 Å². The molecule has 0 spiro atoms. The number of fused-ring (bicyclic) bond motifs is 1. The van der Waals surface area contributed by atoms with E-state index in [-0.39, 0.29) is 18.3 Å². The van der Waals surface area contributed by atoms with Crippen molar-refractivity contribution in [2.75, 3.05) is 5.32 Å². The summed E-state index contributed by atoms with van der Waals surface area (Å²) in [4.78, 5) is 11.1. The number of hydrogen-bond acceptors (Lipinski definition) is 2. The van der Waals surface area contributed by atoms with Crippen LogP contribution in [-0.2, 0) is 4.79 Å². The van der Waals surface area contributed by atoms with E-state index in [1.165, 1.54) is 0 Å². The number of nitrogens with one attached hydrogen (secondary N) is 1. The van der Waals surface area contributed by atoms with E-state index in [9.17, 15) is 4.79 Å². The number of carbonyl (C=O) groups excluding carboxylic acids is 1. The lowest BCUT2D eigenvalue weighted by Crippen LogP contribution is -2.19. The fourth-order valence-electron chi connectivity index (χ4n) is 1.41. The maximum Gasteiger partial charge on any atom is 0.245 e. The van der Waals surface area contributed by atoms with Crippen LogP contribution >= 0.6 is 12.4 Å². The average molecular weight is 199 g/mol. The van der Waals surface area contributed by atoms with Crippen LogP contribution < -0.4 is 11.1 Å². The second kappa shape index (κ2) is 3.36. The molecule has 0 aromatic heterocycles. The predicted octanol–water partition coefficient (Wildman–Crippen LogP) is 1.37. The highest BCUT2D eigenvalue weighted by Gasteiger charge is 2.26. The molecule has 0 bridgehead atoms. The van der Waals surface area contributed by atoms with Crippen LogP contribution in [0.1, 0.15) is 17.2 Å². The summed E-state index contributed by atoms with van der Waals surface area (Å²) in [6.07, 6.45) is 0. The minimum Gasteiger partial charge on any atom is -0.324 e. The van der Waals surface area contributed by atoms with E-state index < -0.39 is 6.04 Å². The van der Waals surface area contributed by atoms with Crippen molar-refractivity contribution >= 4 is 24.0 Å². The van der Waals surface area contributed by atoms with Gasteiger partial charge in [0.15, 0.2) is 0 Å². The molecule has 1 atom stereocenters. The van der Waals surface area contributed by atoms with Crippen LogP contribution in [0.3, 0.4) is 0 Å². The zero-order valence-electron chi connectivity index (χ0n) is 7.20. The van der Waals surface area contributed by atoms with E-state index in [1.54, 1.807) is 0 Å². The van der Waals surface area contributed by atoms with Crippen molar-refractivity contribution in [2.24, 2.45) is 5.73 Å². The van der Waals surface area contributed by atoms with Crippen molar-refractivity contribution in [3.8, 4) is 0 Å². The van der Waals surface area contributed by atoms with Gasteiger partial charge in [0.05, 0.1) is 0 Å². The zero-order valence-corrected chi connectivity index (χ0v) is 8.02. The highest BCUT2D eigenvalue weighted by atomic mass is 35.5. The third kappa shape index (κ3) is 1.53. The molecule has 1 heterocycles. The second-order valence-corrected chi connectivity index (χ2v) is 3.06. The fraction of sp³-hybridized carbons (Fsp3) is 0.222. The first-order valence-corrected chi connectivity index (χ1v) is 3.85. The Hall–Kier alpha value is -1.06. The van der Waals surface area contributed by atoms with Gasteiger partial charge in [-0.15, -0.1) is 12.4 Å². The number of halogens is 1. The summed E-state index contributed by atoms with van der Waals surface area (Å²) in [5.41, 5.74) is 8.52.